The predicted molar refractivity (Wildman–Crippen MR) is 100 cm³/mol. The highest BCUT2D eigenvalue weighted by Crippen LogP contribution is 2.53. The lowest BCUT2D eigenvalue weighted by Crippen LogP contribution is -2.43. The van der Waals surface area contributed by atoms with Gasteiger partial charge in [0.25, 0.3) is 0 Å². The molecule has 1 aliphatic carbocycles. The smallest absolute Gasteiger partial charge is 0.239 e. The van der Waals surface area contributed by atoms with E-state index in [1.165, 1.54) is 24.8 Å². The molecule has 2 N–H and O–H groups in total. The number of hydrogen-bond acceptors (Lipinski definition) is 2. The van der Waals surface area contributed by atoms with Crippen molar-refractivity contribution in [3.05, 3.63) is 58.7 Å². The van der Waals surface area contributed by atoms with Crippen molar-refractivity contribution in [3.63, 3.8) is 0 Å². The molecular weight excluding hydrogens is 310 g/mol. The van der Waals surface area contributed by atoms with Gasteiger partial charge in [0.15, 0.2) is 0 Å². The Morgan fingerprint density at radius 2 is 1.72 bits per heavy atom. The van der Waals surface area contributed by atoms with Gasteiger partial charge in [-0.25, -0.2) is 0 Å². The summed E-state index contributed by atoms with van der Waals surface area (Å²) in [5.74, 6) is 0.628. The number of anilines is 1. The molecule has 1 amide bonds. The minimum atomic E-state index is -0.639. The predicted octanol–water partition coefficient (Wildman–Crippen LogP) is 4.83. The Bertz CT molecular complexity index is 819. The monoisotopic (exact) mass is 335 g/mol. The van der Waals surface area contributed by atoms with Gasteiger partial charge in [-0.1, -0.05) is 49.1 Å². The third kappa shape index (κ3) is 2.37. The van der Waals surface area contributed by atoms with Crippen molar-refractivity contribution in [3.8, 4) is 5.75 Å². The van der Waals surface area contributed by atoms with Gasteiger partial charge in [-0.15, -0.1) is 0 Å². The van der Waals surface area contributed by atoms with Crippen LogP contribution in [0.3, 0.4) is 0 Å². The van der Waals surface area contributed by atoms with Crippen LogP contribution in [0, 0.1) is 19.8 Å². The first-order valence-corrected chi connectivity index (χ1v) is 9.26. The number of phenols is 1. The van der Waals surface area contributed by atoms with Crippen LogP contribution >= 0.6 is 0 Å². The molecule has 1 saturated carbocycles. The second-order valence-corrected chi connectivity index (χ2v) is 7.65. The summed E-state index contributed by atoms with van der Waals surface area (Å²) < 4.78 is 0. The summed E-state index contributed by atoms with van der Waals surface area (Å²) >= 11 is 0. The van der Waals surface area contributed by atoms with Gasteiger partial charge in [0, 0.05) is 5.69 Å². The van der Waals surface area contributed by atoms with Gasteiger partial charge in [-0.3, -0.25) is 4.79 Å². The molecule has 2 aliphatic rings. The van der Waals surface area contributed by atoms with Gasteiger partial charge in [-0.2, -0.15) is 0 Å². The van der Waals surface area contributed by atoms with E-state index < -0.39 is 5.41 Å². The van der Waals surface area contributed by atoms with Crippen LogP contribution in [-0.4, -0.2) is 11.0 Å². The largest absolute Gasteiger partial charge is 0.508 e. The number of benzene rings is 2. The number of aromatic hydroxyl groups is 1. The Labute approximate surface area is 149 Å². The van der Waals surface area contributed by atoms with Crippen LogP contribution in [0.2, 0.25) is 0 Å². The Kier molecular flexibility index (Phi) is 3.82. The van der Waals surface area contributed by atoms with Gasteiger partial charge in [-0.05, 0) is 61.4 Å². The first-order valence-electron chi connectivity index (χ1n) is 9.26. The highest BCUT2D eigenvalue weighted by Gasteiger charge is 2.53. The quantitative estimate of drug-likeness (QED) is 0.826. The van der Waals surface area contributed by atoms with E-state index in [0.29, 0.717) is 5.92 Å². The van der Waals surface area contributed by atoms with E-state index in [2.05, 4.69) is 31.3 Å². The van der Waals surface area contributed by atoms with Crippen molar-refractivity contribution in [2.75, 3.05) is 5.32 Å². The number of hydrogen-bond donors (Lipinski definition) is 2. The molecule has 130 valence electrons. The Morgan fingerprint density at radius 1 is 1.04 bits per heavy atom. The zero-order valence-electron chi connectivity index (χ0n) is 14.9. The van der Waals surface area contributed by atoms with E-state index in [1.807, 2.05) is 12.1 Å². The number of rotatable bonds is 2. The molecule has 25 heavy (non-hydrogen) atoms. The minimum absolute atomic E-state index is 0.0915. The number of amides is 1. The SMILES string of the molecule is Cc1cc(C)c2c(c1)C(c1ccc(O)cc1)(C1CCCCC1)C(=O)N2. The molecule has 1 heterocycles. The van der Waals surface area contributed by atoms with Crippen molar-refractivity contribution in [2.45, 2.75) is 51.4 Å². The molecule has 3 heteroatoms. The molecule has 4 rings (SSSR count). The van der Waals surface area contributed by atoms with Gasteiger partial charge < -0.3 is 10.4 Å². The molecule has 2 aromatic carbocycles. The number of fused-ring (bicyclic) bond motifs is 1. The molecule has 0 bridgehead atoms. The molecule has 2 aromatic rings. The third-order valence-corrected chi connectivity index (χ3v) is 6.04. The van der Waals surface area contributed by atoms with Crippen molar-refractivity contribution < 1.29 is 9.90 Å². The molecule has 0 saturated heterocycles. The number of carbonyl (C=O) groups excluding carboxylic acids is 1. The van der Waals surface area contributed by atoms with Gasteiger partial charge >= 0.3 is 0 Å². The van der Waals surface area contributed by atoms with E-state index in [0.717, 1.165) is 35.2 Å². The van der Waals surface area contributed by atoms with Crippen LogP contribution in [0.5, 0.6) is 5.75 Å². The maximum Gasteiger partial charge on any atom is 0.239 e. The first-order chi connectivity index (χ1) is 12.0. The highest BCUT2D eigenvalue weighted by atomic mass is 16.3. The van der Waals surface area contributed by atoms with Crippen molar-refractivity contribution in [1.82, 2.24) is 0 Å². The van der Waals surface area contributed by atoms with Crippen LogP contribution in [-0.2, 0) is 10.2 Å². The molecule has 1 aliphatic heterocycles. The van der Waals surface area contributed by atoms with E-state index >= 15 is 0 Å². The lowest BCUT2D eigenvalue weighted by Gasteiger charge is -2.39. The molecule has 1 atom stereocenters. The molecule has 1 fully saturated rings. The summed E-state index contributed by atoms with van der Waals surface area (Å²) in [7, 11) is 0. The number of carbonyl (C=O) groups is 1. The van der Waals surface area contributed by atoms with Crippen LogP contribution in [0.15, 0.2) is 36.4 Å². The molecule has 0 spiro atoms. The normalized spacial score (nSPS) is 23.4. The summed E-state index contributed by atoms with van der Waals surface area (Å²) in [6.07, 6.45) is 5.75. The maximum atomic E-state index is 13.4. The molecule has 3 nitrogen and oxygen atoms in total. The number of phenolic OH excluding ortho intramolecular Hbond substituents is 1. The average Bonchev–Trinajstić information content (AvgIpc) is 2.90. The van der Waals surface area contributed by atoms with Crippen molar-refractivity contribution in [1.29, 1.82) is 0 Å². The fourth-order valence-corrected chi connectivity index (χ4v) is 4.97. The van der Waals surface area contributed by atoms with E-state index in [1.54, 1.807) is 12.1 Å². The second-order valence-electron chi connectivity index (χ2n) is 7.65. The standard InChI is InChI=1S/C22H25NO2/c1-14-12-15(2)20-19(13-14)22(21(25)23-20,16-6-4-3-5-7-16)17-8-10-18(24)11-9-17/h8-13,16,24H,3-7H2,1-2H3,(H,23,25). The lowest BCUT2D eigenvalue weighted by molar-refractivity contribution is -0.121. The second kappa shape index (κ2) is 5.91. The van der Waals surface area contributed by atoms with Gasteiger partial charge in [0.05, 0.1) is 0 Å². The fourth-order valence-electron chi connectivity index (χ4n) is 4.97. The van der Waals surface area contributed by atoms with Gasteiger partial charge in [0.2, 0.25) is 5.91 Å². The van der Waals surface area contributed by atoms with Crippen LogP contribution in [0.1, 0.15) is 54.4 Å². The first kappa shape index (κ1) is 16.2. The third-order valence-electron chi connectivity index (χ3n) is 6.04. The molecule has 0 radical (unpaired) electrons. The Hall–Kier alpha value is -2.29. The van der Waals surface area contributed by atoms with Crippen LogP contribution in [0.25, 0.3) is 0 Å². The minimum Gasteiger partial charge on any atom is -0.508 e. The highest BCUT2D eigenvalue weighted by molar-refractivity contribution is 6.09. The summed E-state index contributed by atoms with van der Waals surface area (Å²) in [5.41, 5.74) is 4.77. The zero-order valence-corrected chi connectivity index (χ0v) is 14.9. The van der Waals surface area contributed by atoms with E-state index in [-0.39, 0.29) is 11.7 Å². The number of nitrogens with one attached hydrogen (secondary N) is 1. The average molecular weight is 335 g/mol. The Balaban J connectivity index is 1.99. The number of aryl methyl sites for hydroxylation is 2. The summed E-state index contributed by atoms with van der Waals surface area (Å²) in [4.78, 5) is 13.4. The summed E-state index contributed by atoms with van der Waals surface area (Å²) in [6, 6.07) is 11.6. The van der Waals surface area contributed by atoms with Crippen LogP contribution in [0.4, 0.5) is 5.69 Å². The maximum absolute atomic E-state index is 13.4. The van der Waals surface area contributed by atoms with Crippen molar-refractivity contribution in [2.24, 2.45) is 5.92 Å². The van der Waals surface area contributed by atoms with E-state index in [9.17, 15) is 9.90 Å². The zero-order chi connectivity index (χ0) is 17.6. The lowest BCUT2D eigenvalue weighted by atomic mass is 9.62. The van der Waals surface area contributed by atoms with Crippen LogP contribution < -0.4 is 5.32 Å². The summed E-state index contributed by atoms with van der Waals surface area (Å²) in [6.45, 7) is 4.17. The topological polar surface area (TPSA) is 49.3 Å². The summed E-state index contributed by atoms with van der Waals surface area (Å²) in [5, 5.41) is 12.9. The molecule has 1 unspecified atom stereocenters. The van der Waals surface area contributed by atoms with Crippen molar-refractivity contribution >= 4 is 11.6 Å². The molecule has 0 aromatic heterocycles. The molecular formula is C22H25NO2. The van der Waals surface area contributed by atoms with E-state index in [4.69, 9.17) is 0 Å². The van der Waals surface area contributed by atoms with Gasteiger partial charge in [0.1, 0.15) is 11.2 Å². The fraction of sp³-hybridized carbons (Fsp3) is 0.409. The Morgan fingerprint density at radius 3 is 2.40 bits per heavy atom.